The summed E-state index contributed by atoms with van der Waals surface area (Å²) < 4.78 is 0. The Balaban J connectivity index is 1.76. The zero-order chi connectivity index (χ0) is 16.5. The first-order chi connectivity index (χ1) is 11.7. The summed E-state index contributed by atoms with van der Waals surface area (Å²) in [5.41, 5.74) is 6.58. The molecule has 0 N–H and O–H groups in total. The highest BCUT2D eigenvalue weighted by atomic mass is 15.1. The highest BCUT2D eigenvalue weighted by Gasteiger charge is 2.25. The monoisotopic (exact) mass is 315 g/mol. The minimum atomic E-state index is 0.421. The van der Waals surface area contributed by atoms with Gasteiger partial charge in [-0.25, -0.2) is 9.97 Å². The average molecular weight is 315 g/mol. The summed E-state index contributed by atoms with van der Waals surface area (Å²) in [6, 6.07) is 17.4. The molecule has 1 aromatic heterocycles. The molecule has 0 radical (unpaired) electrons. The van der Waals surface area contributed by atoms with Crippen LogP contribution in [0.2, 0.25) is 0 Å². The summed E-state index contributed by atoms with van der Waals surface area (Å²) in [5.74, 6) is 1.21. The maximum atomic E-state index is 4.38. The fraction of sp³-hybridized carbons (Fsp3) is 0.238. The lowest BCUT2D eigenvalue weighted by Gasteiger charge is -2.33. The van der Waals surface area contributed by atoms with E-state index in [0.29, 0.717) is 5.92 Å². The van der Waals surface area contributed by atoms with Gasteiger partial charge in [0, 0.05) is 37.0 Å². The van der Waals surface area contributed by atoms with Crippen molar-refractivity contribution in [2.45, 2.75) is 19.4 Å². The van der Waals surface area contributed by atoms with Crippen LogP contribution in [0.25, 0.3) is 11.4 Å². The minimum Gasteiger partial charge on any atom is -0.301 e. The Morgan fingerprint density at radius 3 is 2.50 bits per heavy atom. The molecule has 1 unspecified atom stereocenters. The van der Waals surface area contributed by atoms with Crippen molar-refractivity contribution in [2.75, 3.05) is 13.6 Å². The molecule has 0 aliphatic carbocycles. The van der Waals surface area contributed by atoms with Crippen LogP contribution in [0.1, 0.15) is 28.2 Å². The van der Waals surface area contributed by atoms with E-state index in [-0.39, 0.29) is 0 Å². The van der Waals surface area contributed by atoms with Crippen molar-refractivity contribution in [3.05, 3.63) is 83.2 Å². The molecule has 3 aromatic rings. The molecule has 1 aliphatic heterocycles. The van der Waals surface area contributed by atoms with E-state index in [2.05, 4.69) is 71.3 Å². The fourth-order valence-electron chi connectivity index (χ4n) is 3.52. The van der Waals surface area contributed by atoms with E-state index in [1.807, 2.05) is 6.07 Å². The molecule has 2 aromatic carbocycles. The van der Waals surface area contributed by atoms with Gasteiger partial charge in [0.1, 0.15) is 0 Å². The van der Waals surface area contributed by atoms with Crippen LogP contribution in [0.3, 0.4) is 0 Å². The number of fused-ring (bicyclic) bond motifs is 1. The lowest BCUT2D eigenvalue weighted by atomic mass is 9.84. The van der Waals surface area contributed by atoms with Crippen molar-refractivity contribution < 1.29 is 0 Å². The maximum absolute atomic E-state index is 4.38. The van der Waals surface area contributed by atoms with Gasteiger partial charge in [0.25, 0.3) is 0 Å². The summed E-state index contributed by atoms with van der Waals surface area (Å²) in [7, 11) is 2.19. The lowest BCUT2D eigenvalue weighted by Crippen LogP contribution is -2.31. The zero-order valence-corrected chi connectivity index (χ0v) is 14.1. The molecule has 1 atom stereocenters. The molecule has 4 rings (SSSR count). The molecule has 1 aliphatic rings. The van der Waals surface area contributed by atoms with Crippen LogP contribution in [0.5, 0.6) is 0 Å². The second kappa shape index (κ2) is 6.17. The van der Waals surface area contributed by atoms with Gasteiger partial charge in [-0.05, 0) is 42.8 Å². The van der Waals surface area contributed by atoms with E-state index in [9.17, 15) is 0 Å². The van der Waals surface area contributed by atoms with Crippen molar-refractivity contribution in [1.29, 1.82) is 0 Å². The molecular formula is C21H21N3. The Kier molecular flexibility index (Phi) is 3.87. The maximum Gasteiger partial charge on any atom is 0.159 e. The van der Waals surface area contributed by atoms with Crippen LogP contribution in [-0.2, 0) is 6.54 Å². The molecule has 24 heavy (non-hydrogen) atoms. The average Bonchev–Trinajstić information content (AvgIpc) is 2.62. The van der Waals surface area contributed by atoms with Gasteiger partial charge < -0.3 is 4.90 Å². The number of hydrogen-bond donors (Lipinski definition) is 0. The highest BCUT2D eigenvalue weighted by Crippen LogP contribution is 2.34. The molecule has 3 heteroatoms. The number of nitrogens with zero attached hydrogens (tertiary/aromatic N) is 3. The first-order valence-corrected chi connectivity index (χ1v) is 8.36. The van der Waals surface area contributed by atoms with Crippen molar-refractivity contribution in [3.8, 4) is 11.4 Å². The third-order valence-electron chi connectivity index (χ3n) is 4.76. The first-order valence-electron chi connectivity index (χ1n) is 8.36. The van der Waals surface area contributed by atoms with Gasteiger partial charge in [-0.3, -0.25) is 0 Å². The van der Waals surface area contributed by atoms with E-state index >= 15 is 0 Å². The lowest BCUT2D eigenvalue weighted by molar-refractivity contribution is 0.295. The van der Waals surface area contributed by atoms with Crippen LogP contribution in [0, 0.1) is 6.92 Å². The molecular weight excluding hydrogens is 294 g/mol. The van der Waals surface area contributed by atoms with Gasteiger partial charge in [0.15, 0.2) is 5.82 Å². The number of likely N-dealkylation sites (N-methyl/N-ethyl adjacent to an activating group) is 1. The molecule has 0 saturated heterocycles. The van der Waals surface area contributed by atoms with Gasteiger partial charge in [-0.2, -0.15) is 0 Å². The summed E-state index contributed by atoms with van der Waals surface area (Å²) in [6.45, 7) is 4.16. The van der Waals surface area contributed by atoms with Crippen LogP contribution < -0.4 is 0 Å². The number of aryl methyl sites for hydroxylation is 1. The quantitative estimate of drug-likeness (QED) is 0.715. The number of aromatic nitrogens is 2. The Labute approximate surface area is 143 Å². The van der Waals surface area contributed by atoms with Gasteiger partial charge in [0.05, 0.1) is 0 Å². The SMILES string of the molecule is Cc1ccc(C2CN(C)Cc3cc(-c4ncccn4)ccc32)cc1. The number of hydrogen-bond acceptors (Lipinski definition) is 3. The predicted molar refractivity (Wildman–Crippen MR) is 96.8 cm³/mol. The van der Waals surface area contributed by atoms with Crippen LogP contribution in [0.4, 0.5) is 0 Å². The molecule has 0 bridgehead atoms. The van der Waals surface area contributed by atoms with E-state index in [0.717, 1.165) is 24.5 Å². The standard InChI is InChI=1S/C21H21N3/c1-15-4-6-16(7-5-15)20-14-24(2)13-18-12-17(8-9-19(18)20)21-22-10-3-11-23-21/h3-12,20H,13-14H2,1-2H3. The van der Waals surface area contributed by atoms with E-state index in [1.165, 1.54) is 22.3 Å². The zero-order valence-electron chi connectivity index (χ0n) is 14.1. The normalized spacial score (nSPS) is 17.5. The minimum absolute atomic E-state index is 0.421. The topological polar surface area (TPSA) is 29.0 Å². The molecule has 120 valence electrons. The van der Waals surface area contributed by atoms with E-state index in [1.54, 1.807) is 12.4 Å². The van der Waals surface area contributed by atoms with E-state index < -0.39 is 0 Å². The summed E-state index contributed by atoms with van der Waals surface area (Å²) in [5, 5.41) is 0. The summed E-state index contributed by atoms with van der Waals surface area (Å²) in [6.07, 6.45) is 3.59. The van der Waals surface area contributed by atoms with Crippen molar-refractivity contribution >= 4 is 0 Å². The Bertz CT molecular complexity index is 841. The second-order valence-electron chi connectivity index (χ2n) is 6.65. The number of benzene rings is 2. The van der Waals surface area contributed by atoms with Crippen molar-refractivity contribution in [2.24, 2.45) is 0 Å². The number of rotatable bonds is 2. The summed E-state index contributed by atoms with van der Waals surface area (Å²) >= 11 is 0. The van der Waals surface area contributed by atoms with E-state index in [4.69, 9.17) is 0 Å². The molecule has 3 nitrogen and oxygen atoms in total. The fourth-order valence-corrected chi connectivity index (χ4v) is 3.52. The molecule has 2 heterocycles. The molecule has 0 spiro atoms. The van der Waals surface area contributed by atoms with Crippen molar-refractivity contribution in [3.63, 3.8) is 0 Å². The highest BCUT2D eigenvalue weighted by molar-refractivity contribution is 5.58. The third kappa shape index (κ3) is 2.83. The Morgan fingerprint density at radius 1 is 1.00 bits per heavy atom. The smallest absolute Gasteiger partial charge is 0.159 e. The van der Waals surface area contributed by atoms with Crippen LogP contribution >= 0.6 is 0 Å². The first kappa shape index (κ1) is 15.0. The second-order valence-corrected chi connectivity index (χ2v) is 6.65. The molecule has 0 fully saturated rings. The molecule has 0 saturated carbocycles. The van der Waals surface area contributed by atoms with Gasteiger partial charge in [0.2, 0.25) is 0 Å². The summed E-state index contributed by atoms with van der Waals surface area (Å²) in [4.78, 5) is 11.1. The largest absolute Gasteiger partial charge is 0.301 e. The molecule has 0 amide bonds. The third-order valence-corrected chi connectivity index (χ3v) is 4.76. The predicted octanol–water partition coefficient (Wildman–Crippen LogP) is 4.03. The Morgan fingerprint density at radius 2 is 1.75 bits per heavy atom. The Hall–Kier alpha value is -2.52. The van der Waals surface area contributed by atoms with Crippen molar-refractivity contribution in [1.82, 2.24) is 14.9 Å². The van der Waals surface area contributed by atoms with Gasteiger partial charge in [-0.15, -0.1) is 0 Å². The van der Waals surface area contributed by atoms with Gasteiger partial charge in [-0.1, -0.05) is 42.0 Å². The van der Waals surface area contributed by atoms with Crippen LogP contribution in [-0.4, -0.2) is 28.5 Å². The van der Waals surface area contributed by atoms with Gasteiger partial charge >= 0.3 is 0 Å². The van der Waals surface area contributed by atoms with Crippen LogP contribution in [0.15, 0.2) is 60.9 Å².